The largest absolute Gasteiger partial charge is 0.454 e. The number of halogens is 1. The van der Waals surface area contributed by atoms with E-state index in [0.717, 1.165) is 27.1 Å². The highest BCUT2D eigenvalue weighted by Crippen LogP contribution is 2.32. The molecule has 0 aromatic heterocycles. The SMILES string of the molecule is CN(Cc1ccc(Br)cc1)C(=O)NCc1ccc2c(c1)OCO2. The summed E-state index contributed by atoms with van der Waals surface area (Å²) in [6.07, 6.45) is 0. The zero-order valence-electron chi connectivity index (χ0n) is 12.7. The summed E-state index contributed by atoms with van der Waals surface area (Å²) in [5, 5.41) is 2.90. The average Bonchev–Trinajstić information content (AvgIpc) is 3.02. The summed E-state index contributed by atoms with van der Waals surface area (Å²) in [5.74, 6) is 1.47. The number of carbonyl (C=O) groups is 1. The van der Waals surface area contributed by atoms with E-state index < -0.39 is 0 Å². The summed E-state index contributed by atoms with van der Waals surface area (Å²) in [5.41, 5.74) is 2.05. The van der Waals surface area contributed by atoms with Crippen molar-refractivity contribution < 1.29 is 14.3 Å². The van der Waals surface area contributed by atoms with Gasteiger partial charge in [0.2, 0.25) is 6.79 Å². The Bertz CT molecular complexity index is 703. The third kappa shape index (κ3) is 3.96. The number of fused-ring (bicyclic) bond motifs is 1. The molecule has 0 atom stereocenters. The van der Waals surface area contributed by atoms with Crippen LogP contribution in [0.25, 0.3) is 0 Å². The van der Waals surface area contributed by atoms with Crippen LogP contribution in [0.15, 0.2) is 46.9 Å². The Kier molecular flexibility index (Phi) is 4.71. The van der Waals surface area contributed by atoms with Crippen LogP contribution in [0.5, 0.6) is 11.5 Å². The van der Waals surface area contributed by atoms with Gasteiger partial charge in [0.15, 0.2) is 11.5 Å². The van der Waals surface area contributed by atoms with Gasteiger partial charge in [0, 0.05) is 24.6 Å². The maximum absolute atomic E-state index is 12.2. The van der Waals surface area contributed by atoms with Gasteiger partial charge in [-0.25, -0.2) is 4.79 Å². The minimum atomic E-state index is -0.120. The van der Waals surface area contributed by atoms with E-state index in [1.807, 2.05) is 42.5 Å². The molecule has 23 heavy (non-hydrogen) atoms. The number of nitrogens with one attached hydrogen (secondary N) is 1. The number of amides is 2. The van der Waals surface area contributed by atoms with Crippen LogP contribution in [0.4, 0.5) is 4.79 Å². The standard InChI is InChI=1S/C17H17BrN2O3/c1-20(10-12-2-5-14(18)6-3-12)17(21)19-9-13-4-7-15-16(8-13)23-11-22-15/h2-8H,9-11H2,1H3,(H,19,21). The van der Waals surface area contributed by atoms with Crippen molar-refractivity contribution >= 4 is 22.0 Å². The molecule has 0 aliphatic carbocycles. The summed E-state index contributed by atoms with van der Waals surface area (Å²) >= 11 is 3.40. The lowest BCUT2D eigenvalue weighted by Gasteiger charge is -2.18. The Balaban J connectivity index is 1.53. The molecule has 0 unspecified atom stereocenters. The first-order valence-electron chi connectivity index (χ1n) is 7.24. The molecule has 1 heterocycles. The summed E-state index contributed by atoms with van der Waals surface area (Å²) in [4.78, 5) is 13.8. The zero-order valence-corrected chi connectivity index (χ0v) is 14.3. The van der Waals surface area contributed by atoms with Crippen molar-refractivity contribution in [3.63, 3.8) is 0 Å². The van der Waals surface area contributed by atoms with Gasteiger partial charge >= 0.3 is 6.03 Å². The van der Waals surface area contributed by atoms with Crippen LogP contribution < -0.4 is 14.8 Å². The molecule has 5 nitrogen and oxygen atoms in total. The first-order chi connectivity index (χ1) is 11.1. The summed E-state index contributed by atoms with van der Waals surface area (Å²) in [6, 6.07) is 13.5. The Morgan fingerprint density at radius 1 is 1.13 bits per heavy atom. The molecule has 1 aliphatic heterocycles. The fraction of sp³-hybridized carbons (Fsp3) is 0.235. The van der Waals surface area contributed by atoms with Crippen LogP contribution in [0.2, 0.25) is 0 Å². The molecule has 0 fully saturated rings. The van der Waals surface area contributed by atoms with Gasteiger partial charge in [-0.2, -0.15) is 0 Å². The normalized spacial score (nSPS) is 12.1. The van der Waals surface area contributed by atoms with Gasteiger partial charge < -0.3 is 19.7 Å². The number of nitrogens with zero attached hydrogens (tertiary/aromatic N) is 1. The van der Waals surface area contributed by atoms with Crippen molar-refractivity contribution in [1.82, 2.24) is 10.2 Å². The van der Waals surface area contributed by atoms with Crippen molar-refractivity contribution in [3.05, 3.63) is 58.1 Å². The fourth-order valence-electron chi connectivity index (χ4n) is 2.30. The third-order valence-electron chi connectivity index (χ3n) is 3.56. The molecule has 120 valence electrons. The Morgan fingerprint density at radius 2 is 1.83 bits per heavy atom. The molecule has 0 bridgehead atoms. The van der Waals surface area contributed by atoms with Crippen molar-refractivity contribution in [2.45, 2.75) is 13.1 Å². The lowest BCUT2D eigenvalue weighted by Crippen LogP contribution is -2.36. The summed E-state index contributed by atoms with van der Waals surface area (Å²) in [7, 11) is 1.77. The van der Waals surface area contributed by atoms with Crippen LogP contribution in [0.1, 0.15) is 11.1 Å². The second-order valence-corrected chi connectivity index (χ2v) is 6.24. The second-order valence-electron chi connectivity index (χ2n) is 5.33. The molecule has 2 amide bonds. The zero-order chi connectivity index (χ0) is 16.2. The van der Waals surface area contributed by atoms with E-state index in [2.05, 4.69) is 21.2 Å². The van der Waals surface area contributed by atoms with Crippen LogP contribution in [0, 0.1) is 0 Å². The van der Waals surface area contributed by atoms with E-state index >= 15 is 0 Å². The number of hydrogen-bond donors (Lipinski definition) is 1. The molecular weight excluding hydrogens is 360 g/mol. The van der Waals surface area contributed by atoms with Crippen LogP contribution in [-0.4, -0.2) is 24.8 Å². The maximum atomic E-state index is 12.2. The van der Waals surface area contributed by atoms with Gasteiger partial charge in [0.1, 0.15) is 0 Å². The number of hydrogen-bond acceptors (Lipinski definition) is 3. The monoisotopic (exact) mass is 376 g/mol. The van der Waals surface area contributed by atoms with Crippen LogP contribution >= 0.6 is 15.9 Å². The van der Waals surface area contributed by atoms with Gasteiger partial charge in [-0.1, -0.05) is 34.1 Å². The average molecular weight is 377 g/mol. The van der Waals surface area contributed by atoms with Gasteiger partial charge in [-0.3, -0.25) is 0 Å². The van der Waals surface area contributed by atoms with E-state index in [1.54, 1.807) is 11.9 Å². The molecule has 3 rings (SSSR count). The van der Waals surface area contributed by atoms with Gasteiger partial charge in [-0.05, 0) is 35.4 Å². The fourth-order valence-corrected chi connectivity index (χ4v) is 2.56. The molecule has 0 saturated heterocycles. The maximum Gasteiger partial charge on any atom is 0.317 e. The first kappa shape index (κ1) is 15.7. The number of ether oxygens (including phenoxy) is 2. The second kappa shape index (κ2) is 6.91. The third-order valence-corrected chi connectivity index (χ3v) is 4.09. The highest BCUT2D eigenvalue weighted by atomic mass is 79.9. The summed E-state index contributed by atoms with van der Waals surface area (Å²) in [6.45, 7) is 1.25. The van der Waals surface area contributed by atoms with E-state index in [-0.39, 0.29) is 12.8 Å². The highest BCUT2D eigenvalue weighted by molar-refractivity contribution is 9.10. The first-order valence-corrected chi connectivity index (χ1v) is 8.03. The highest BCUT2D eigenvalue weighted by Gasteiger charge is 2.14. The topological polar surface area (TPSA) is 50.8 Å². The quantitative estimate of drug-likeness (QED) is 0.887. The molecule has 1 N–H and O–H groups in total. The molecular formula is C17H17BrN2O3. The van der Waals surface area contributed by atoms with Crippen molar-refractivity contribution in [1.29, 1.82) is 0 Å². The molecule has 0 spiro atoms. The molecule has 0 radical (unpaired) electrons. The molecule has 0 saturated carbocycles. The number of rotatable bonds is 4. The predicted molar refractivity (Wildman–Crippen MR) is 90.4 cm³/mol. The van der Waals surface area contributed by atoms with E-state index in [4.69, 9.17) is 9.47 Å². The predicted octanol–water partition coefficient (Wildman–Crippen LogP) is 3.52. The number of carbonyl (C=O) groups excluding carboxylic acids is 1. The van der Waals surface area contributed by atoms with Gasteiger partial charge in [0.05, 0.1) is 0 Å². The lowest BCUT2D eigenvalue weighted by molar-refractivity contribution is 0.174. The van der Waals surface area contributed by atoms with Gasteiger partial charge in [0.25, 0.3) is 0 Å². The van der Waals surface area contributed by atoms with Crippen molar-refractivity contribution in [2.24, 2.45) is 0 Å². The number of benzene rings is 2. The van der Waals surface area contributed by atoms with Gasteiger partial charge in [-0.15, -0.1) is 0 Å². The van der Waals surface area contributed by atoms with E-state index in [0.29, 0.717) is 13.1 Å². The van der Waals surface area contributed by atoms with E-state index in [1.165, 1.54) is 0 Å². The molecule has 6 heteroatoms. The Hall–Kier alpha value is -2.21. The van der Waals surface area contributed by atoms with Crippen LogP contribution in [-0.2, 0) is 13.1 Å². The molecule has 2 aromatic rings. The smallest absolute Gasteiger partial charge is 0.317 e. The minimum absolute atomic E-state index is 0.120. The van der Waals surface area contributed by atoms with E-state index in [9.17, 15) is 4.79 Å². The Morgan fingerprint density at radius 3 is 2.61 bits per heavy atom. The van der Waals surface area contributed by atoms with Crippen LogP contribution in [0.3, 0.4) is 0 Å². The minimum Gasteiger partial charge on any atom is -0.454 e. The molecule has 1 aliphatic rings. The Labute approximate surface area is 143 Å². The lowest BCUT2D eigenvalue weighted by atomic mass is 10.2. The van der Waals surface area contributed by atoms with Crippen molar-refractivity contribution in [3.8, 4) is 11.5 Å². The van der Waals surface area contributed by atoms with Crippen molar-refractivity contribution in [2.75, 3.05) is 13.8 Å². The summed E-state index contributed by atoms with van der Waals surface area (Å²) < 4.78 is 11.6. The number of urea groups is 1. The molecule has 2 aromatic carbocycles.